The van der Waals surface area contributed by atoms with Crippen molar-refractivity contribution in [3.63, 3.8) is 0 Å². The molecular weight excluding hydrogens is 222 g/mol. The van der Waals surface area contributed by atoms with Gasteiger partial charge in [0.15, 0.2) is 0 Å². The van der Waals surface area contributed by atoms with E-state index in [0.717, 1.165) is 35.8 Å². The number of aryl methyl sites for hydroxylation is 1. The van der Waals surface area contributed by atoms with Crippen LogP contribution in [0.3, 0.4) is 0 Å². The number of rotatable bonds is 2. The van der Waals surface area contributed by atoms with Crippen molar-refractivity contribution >= 4 is 11.5 Å². The van der Waals surface area contributed by atoms with Crippen LogP contribution >= 0.6 is 0 Å². The summed E-state index contributed by atoms with van der Waals surface area (Å²) in [4.78, 5) is 2.38. The zero-order valence-electron chi connectivity index (χ0n) is 11.5. The number of hydrogen-bond donors (Lipinski definition) is 2. The summed E-state index contributed by atoms with van der Waals surface area (Å²) in [6.07, 6.45) is 1.21. The van der Waals surface area contributed by atoms with Crippen LogP contribution in [-0.2, 0) is 0 Å². The van der Waals surface area contributed by atoms with Gasteiger partial charge in [-0.05, 0) is 37.3 Å². The molecule has 1 aliphatic heterocycles. The third kappa shape index (κ3) is 2.50. The average Bonchev–Trinajstić information content (AvgIpc) is 2.32. The molecule has 3 heteroatoms. The summed E-state index contributed by atoms with van der Waals surface area (Å²) in [6, 6.07) is 6.22. The van der Waals surface area contributed by atoms with Gasteiger partial charge >= 0.3 is 0 Å². The lowest BCUT2D eigenvalue weighted by Crippen LogP contribution is -2.39. The molecule has 1 saturated heterocycles. The van der Waals surface area contributed by atoms with Gasteiger partial charge in [-0.1, -0.05) is 25.5 Å². The Kier molecular flexibility index (Phi) is 3.60. The average molecular weight is 245 g/mol. The highest BCUT2D eigenvalue weighted by molar-refractivity contribution is 6.00. The summed E-state index contributed by atoms with van der Waals surface area (Å²) in [5, 5.41) is 7.73. The van der Waals surface area contributed by atoms with Crippen molar-refractivity contribution in [1.29, 1.82) is 5.41 Å². The quantitative estimate of drug-likeness (QED) is 0.622. The van der Waals surface area contributed by atoms with Crippen LogP contribution in [0.15, 0.2) is 18.2 Å². The SMILES string of the molecule is Cc1ccc(N2CCC(C)C(C)C2)c(C(=N)N)c1. The number of nitrogen functional groups attached to an aromatic ring is 1. The molecule has 1 heterocycles. The largest absolute Gasteiger partial charge is 0.384 e. The van der Waals surface area contributed by atoms with E-state index in [-0.39, 0.29) is 5.84 Å². The predicted octanol–water partition coefficient (Wildman–Crippen LogP) is 2.76. The number of nitrogens with two attached hydrogens (primary N) is 1. The van der Waals surface area contributed by atoms with Crippen LogP contribution in [0.4, 0.5) is 5.69 Å². The monoisotopic (exact) mass is 245 g/mol. The van der Waals surface area contributed by atoms with Crippen molar-refractivity contribution in [3.05, 3.63) is 29.3 Å². The van der Waals surface area contributed by atoms with Crippen molar-refractivity contribution in [3.8, 4) is 0 Å². The van der Waals surface area contributed by atoms with E-state index in [0.29, 0.717) is 5.92 Å². The first-order chi connectivity index (χ1) is 8.49. The molecule has 0 aliphatic carbocycles. The van der Waals surface area contributed by atoms with Crippen LogP contribution < -0.4 is 10.6 Å². The smallest absolute Gasteiger partial charge is 0.124 e. The van der Waals surface area contributed by atoms with Gasteiger partial charge in [-0.25, -0.2) is 0 Å². The van der Waals surface area contributed by atoms with Gasteiger partial charge < -0.3 is 10.6 Å². The number of nitrogens with one attached hydrogen (secondary N) is 1. The topological polar surface area (TPSA) is 53.1 Å². The molecule has 3 nitrogen and oxygen atoms in total. The molecule has 2 unspecified atom stereocenters. The maximum Gasteiger partial charge on any atom is 0.124 e. The second-order valence-electron chi connectivity index (χ2n) is 5.62. The first-order valence-electron chi connectivity index (χ1n) is 6.69. The van der Waals surface area contributed by atoms with Crippen molar-refractivity contribution in [2.75, 3.05) is 18.0 Å². The van der Waals surface area contributed by atoms with Gasteiger partial charge in [-0.15, -0.1) is 0 Å². The van der Waals surface area contributed by atoms with Gasteiger partial charge in [-0.2, -0.15) is 0 Å². The summed E-state index contributed by atoms with van der Waals surface area (Å²) in [6.45, 7) is 8.79. The maximum absolute atomic E-state index is 7.73. The molecule has 98 valence electrons. The minimum Gasteiger partial charge on any atom is -0.384 e. The Hall–Kier alpha value is -1.51. The minimum atomic E-state index is 0.167. The van der Waals surface area contributed by atoms with Gasteiger partial charge in [0.2, 0.25) is 0 Å². The van der Waals surface area contributed by atoms with E-state index < -0.39 is 0 Å². The van der Waals surface area contributed by atoms with Crippen molar-refractivity contribution in [1.82, 2.24) is 0 Å². The molecule has 1 fully saturated rings. The molecule has 2 atom stereocenters. The lowest BCUT2D eigenvalue weighted by Gasteiger charge is -2.37. The normalized spacial score (nSPS) is 24.1. The molecule has 1 aromatic rings. The van der Waals surface area contributed by atoms with Crippen molar-refractivity contribution < 1.29 is 0 Å². The van der Waals surface area contributed by atoms with Crippen LogP contribution in [0.5, 0.6) is 0 Å². The van der Waals surface area contributed by atoms with Crippen molar-refractivity contribution in [2.45, 2.75) is 27.2 Å². The highest BCUT2D eigenvalue weighted by Crippen LogP contribution is 2.29. The molecule has 3 N–H and O–H groups in total. The maximum atomic E-state index is 7.73. The molecule has 0 amide bonds. The molecule has 0 saturated carbocycles. The van der Waals surface area contributed by atoms with E-state index in [1.165, 1.54) is 6.42 Å². The first-order valence-corrected chi connectivity index (χ1v) is 6.69. The number of nitrogens with zero attached hydrogens (tertiary/aromatic N) is 1. The molecule has 2 rings (SSSR count). The molecule has 1 aromatic carbocycles. The first kappa shape index (κ1) is 12.9. The van der Waals surface area contributed by atoms with Gasteiger partial charge in [0.05, 0.1) is 0 Å². The van der Waals surface area contributed by atoms with E-state index >= 15 is 0 Å². The zero-order chi connectivity index (χ0) is 13.3. The van der Waals surface area contributed by atoms with E-state index in [4.69, 9.17) is 11.1 Å². The fourth-order valence-electron chi connectivity index (χ4n) is 2.62. The fourth-order valence-corrected chi connectivity index (χ4v) is 2.62. The predicted molar refractivity (Wildman–Crippen MR) is 77.4 cm³/mol. The molecule has 0 bridgehead atoms. The summed E-state index contributed by atoms with van der Waals surface area (Å²) in [5.41, 5.74) is 8.85. The van der Waals surface area contributed by atoms with Gasteiger partial charge in [-0.3, -0.25) is 5.41 Å². The Morgan fingerprint density at radius 1 is 1.33 bits per heavy atom. The van der Waals surface area contributed by atoms with E-state index in [1.807, 2.05) is 13.0 Å². The third-order valence-electron chi connectivity index (χ3n) is 4.12. The van der Waals surface area contributed by atoms with Crippen molar-refractivity contribution in [2.24, 2.45) is 17.6 Å². The lowest BCUT2D eigenvalue weighted by molar-refractivity contribution is 0.324. The van der Waals surface area contributed by atoms with E-state index in [2.05, 4.69) is 30.9 Å². The third-order valence-corrected chi connectivity index (χ3v) is 4.12. The van der Waals surface area contributed by atoms with Gasteiger partial charge in [0.1, 0.15) is 5.84 Å². The van der Waals surface area contributed by atoms with Crippen LogP contribution in [0.2, 0.25) is 0 Å². The Bertz CT molecular complexity index is 453. The number of piperidine rings is 1. The highest BCUT2D eigenvalue weighted by Gasteiger charge is 2.24. The summed E-state index contributed by atoms with van der Waals surface area (Å²) < 4.78 is 0. The molecular formula is C15H23N3. The Morgan fingerprint density at radius 3 is 2.67 bits per heavy atom. The lowest BCUT2D eigenvalue weighted by atomic mass is 9.88. The minimum absolute atomic E-state index is 0.167. The number of anilines is 1. The second kappa shape index (κ2) is 5.01. The number of hydrogen-bond acceptors (Lipinski definition) is 2. The molecule has 0 aromatic heterocycles. The molecule has 0 radical (unpaired) electrons. The molecule has 18 heavy (non-hydrogen) atoms. The summed E-state index contributed by atoms with van der Waals surface area (Å²) in [7, 11) is 0. The number of amidine groups is 1. The molecule has 1 aliphatic rings. The highest BCUT2D eigenvalue weighted by atomic mass is 15.1. The van der Waals surface area contributed by atoms with Gasteiger partial charge in [0, 0.05) is 24.3 Å². The summed E-state index contributed by atoms with van der Waals surface area (Å²) in [5.74, 6) is 1.65. The van der Waals surface area contributed by atoms with Crippen LogP contribution in [0.1, 0.15) is 31.4 Å². The Morgan fingerprint density at radius 2 is 2.06 bits per heavy atom. The zero-order valence-corrected chi connectivity index (χ0v) is 11.5. The second-order valence-corrected chi connectivity index (χ2v) is 5.62. The van der Waals surface area contributed by atoms with Crippen LogP contribution in [0, 0.1) is 24.2 Å². The number of benzene rings is 1. The molecule has 0 spiro atoms. The van der Waals surface area contributed by atoms with E-state index in [9.17, 15) is 0 Å². The van der Waals surface area contributed by atoms with Crippen LogP contribution in [-0.4, -0.2) is 18.9 Å². The fraction of sp³-hybridized carbons (Fsp3) is 0.533. The van der Waals surface area contributed by atoms with Crippen LogP contribution in [0.25, 0.3) is 0 Å². The summed E-state index contributed by atoms with van der Waals surface area (Å²) >= 11 is 0. The standard InChI is InChI=1S/C15H23N3/c1-10-4-5-14(13(8-10)15(16)17)18-7-6-11(2)12(3)9-18/h4-5,8,11-12H,6-7,9H2,1-3H3,(H3,16,17). The Balaban J connectivity index is 2.30. The van der Waals surface area contributed by atoms with E-state index in [1.54, 1.807) is 0 Å². The Labute approximate surface area is 109 Å². The van der Waals surface area contributed by atoms with Gasteiger partial charge in [0.25, 0.3) is 0 Å².